The van der Waals surface area contributed by atoms with Gasteiger partial charge in [0, 0.05) is 48.4 Å². The molecule has 0 aliphatic carbocycles. The summed E-state index contributed by atoms with van der Waals surface area (Å²) in [4.78, 5) is 8.58. The van der Waals surface area contributed by atoms with E-state index in [0.717, 1.165) is 30.0 Å². The standard InChI is InChI=1S/C20H20N6S/c1-12-7-19-21-10-15-16-5-4-14(8-17(15)26(19)24-12)25(16)11-13-9-22-23-20(13)18-3-2-6-27-18/h2-3,6-7,9-10,14,16H,4-5,8,11H2,1H3,(H,22,23). The maximum absolute atomic E-state index is 4.69. The highest BCUT2D eigenvalue weighted by Gasteiger charge is 2.41. The van der Waals surface area contributed by atoms with Crippen molar-refractivity contribution >= 4 is 17.0 Å². The lowest BCUT2D eigenvalue weighted by atomic mass is 9.98. The monoisotopic (exact) mass is 376 g/mol. The van der Waals surface area contributed by atoms with Crippen molar-refractivity contribution in [2.24, 2.45) is 0 Å². The lowest BCUT2D eigenvalue weighted by Gasteiger charge is -2.36. The normalized spacial score (nSPS) is 21.8. The molecule has 0 radical (unpaired) electrons. The lowest BCUT2D eigenvalue weighted by molar-refractivity contribution is 0.165. The fourth-order valence-corrected chi connectivity index (χ4v) is 5.56. The Bertz CT molecular complexity index is 1120. The Morgan fingerprint density at radius 1 is 1.30 bits per heavy atom. The molecule has 136 valence electrons. The van der Waals surface area contributed by atoms with Crippen LogP contribution >= 0.6 is 11.3 Å². The zero-order valence-electron chi connectivity index (χ0n) is 15.1. The molecule has 1 fully saturated rings. The minimum Gasteiger partial charge on any atom is -0.288 e. The highest BCUT2D eigenvalue weighted by Crippen LogP contribution is 2.44. The number of nitrogens with zero attached hydrogens (tertiary/aromatic N) is 5. The molecule has 1 N–H and O–H groups in total. The average molecular weight is 376 g/mol. The molecule has 2 aliphatic heterocycles. The third kappa shape index (κ3) is 2.31. The number of rotatable bonds is 3. The molecule has 2 bridgehead atoms. The topological polar surface area (TPSA) is 62.1 Å². The molecular formula is C20H20N6S. The van der Waals surface area contributed by atoms with Gasteiger partial charge in [-0.2, -0.15) is 10.2 Å². The number of nitrogens with one attached hydrogen (secondary N) is 1. The molecule has 2 atom stereocenters. The number of fused-ring (bicyclic) bond motifs is 6. The summed E-state index contributed by atoms with van der Waals surface area (Å²) in [6.45, 7) is 2.96. The number of aromatic amines is 1. The van der Waals surface area contributed by atoms with E-state index in [4.69, 9.17) is 5.10 Å². The van der Waals surface area contributed by atoms with Crippen molar-refractivity contribution in [2.75, 3.05) is 0 Å². The van der Waals surface area contributed by atoms with Gasteiger partial charge in [0.05, 0.1) is 28.2 Å². The fourth-order valence-electron chi connectivity index (χ4n) is 4.81. The molecule has 2 aliphatic rings. The van der Waals surface area contributed by atoms with Crippen LogP contribution in [0.15, 0.2) is 36.0 Å². The van der Waals surface area contributed by atoms with E-state index in [0.29, 0.717) is 12.1 Å². The van der Waals surface area contributed by atoms with Crippen LogP contribution in [0.25, 0.3) is 16.2 Å². The van der Waals surface area contributed by atoms with Crippen LogP contribution in [0.1, 0.15) is 41.4 Å². The van der Waals surface area contributed by atoms with E-state index in [-0.39, 0.29) is 0 Å². The van der Waals surface area contributed by atoms with Crippen LogP contribution in [0.5, 0.6) is 0 Å². The maximum Gasteiger partial charge on any atom is 0.155 e. The number of hydrogen-bond donors (Lipinski definition) is 1. The van der Waals surface area contributed by atoms with E-state index in [9.17, 15) is 0 Å². The predicted molar refractivity (Wildman–Crippen MR) is 105 cm³/mol. The quantitative estimate of drug-likeness (QED) is 0.591. The summed E-state index contributed by atoms with van der Waals surface area (Å²) >= 11 is 1.75. The Morgan fingerprint density at radius 2 is 2.26 bits per heavy atom. The number of aromatic nitrogens is 5. The van der Waals surface area contributed by atoms with Gasteiger partial charge in [-0.15, -0.1) is 11.3 Å². The fraction of sp³-hybridized carbons (Fsp3) is 0.350. The SMILES string of the molecule is Cc1cc2ncc3c(n2n1)CC1CCC3N1Cc1cn[nH]c1-c1cccs1. The van der Waals surface area contributed by atoms with Crippen LogP contribution in [0.3, 0.4) is 0 Å². The van der Waals surface area contributed by atoms with Crippen molar-refractivity contribution in [1.29, 1.82) is 0 Å². The molecule has 4 aromatic heterocycles. The first kappa shape index (κ1) is 15.5. The first-order valence-electron chi connectivity index (χ1n) is 9.44. The smallest absolute Gasteiger partial charge is 0.155 e. The van der Waals surface area contributed by atoms with E-state index in [1.807, 2.05) is 13.1 Å². The van der Waals surface area contributed by atoms with Gasteiger partial charge in [-0.3, -0.25) is 10.00 Å². The number of hydrogen-bond acceptors (Lipinski definition) is 5. The van der Waals surface area contributed by atoms with E-state index in [1.54, 1.807) is 11.3 Å². The van der Waals surface area contributed by atoms with Crippen molar-refractivity contribution in [3.8, 4) is 10.6 Å². The molecule has 0 spiro atoms. The molecular weight excluding hydrogens is 356 g/mol. The van der Waals surface area contributed by atoms with E-state index < -0.39 is 0 Å². The summed E-state index contributed by atoms with van der Waals surface area (Å²) in [6, 6.07) is 7.29. The summed E-state index contributed by atoms with van der Waals surface area (Å²) in [5.74, 6) is 0. The van der Waals surface area contributed by atoms with E-state index in [2.05, 4.69) is 54.4 Å². The summed E-state index contributed by atoms with van der Waals surface area (Å²) in [6.07, 6.45) is 7.53. The highest BCUT2D eigenvalue weighted by atomic mass is 32.1. The summed E-state index contributed by atoms with van der Waals surface area (Å²) in [5, 5.41) is 14.3. The second-order valence-corrected chi connectivity index (χ2v) is 8.53. The molecule has 6 heterocycles. The molecule has 6 nitrogen and oxygen atoms in total. The molecule has 0 saturated carbocycles. The molecule has 1 saturated heterocycles. The maximum atomic E-state index is 4.69. The first-order chi connectivity index (χ1) is 13.3. The van der Waals surface area contributed by atoms with Gasteiger partial charge in [0.1, 0.15) is 0 Å². The predicted octanol–water partition coefficient (Wildman–Crippen LogP) is 3.75. The summed E-state index contributed by atoms with van der Waals surface area (Å²) in [7, 11) is 0. The largest absolute Gasteiger partial charge is 0.288 e. The van der Waals surface area contributed by atoms with Crippen LogP contribution < -0.4 is 0 Å². The zero-order chi connectivity index (χ0) is 18.0. The molecule has 0 aromatic carbocycles. The average Bonchev–Trinajstić information content (AvgIpc) is 3.42. The van der Waals surface area contributed by atoms with Crippen LogP contribution in [0, 0.1) is 6.92 Å². The number of aryl methyl sites for hydroxylation is 1. The second kappa shape index (κ2) is 5.74. The van der Waals surface area contributed by atoms with Crippen molar-refractivity contribution in [3.05, 3.63) is 58.5 Å². The molecule has 27 heavy (non-hydrogen) atoms. The molecule has 7 heteroatoms. The van der Waals surface area contributed by atoms with Crippen LogP contribution in [0.2, 0.25) is 0 Å². The van der Waals surface area contributed by atoms with E-state index >= 15 is 0 Å². The van der Waals surface area contributed by atoms with Crippen molar-refractivity contribution in [2.45, 2.75) is 44.8 Å². The second-order valence-electron chi connectivity index (χ2n) is 7.59. The third-order valence-corrected chi connectivity index (χ3v) is 6.89. The van der Waals surface area contributed by atoms with Gasteiger partial charge < -0.3 is 0 Å². The van der Waals surface area contributed by atoms with Gasteiger partial charge in [0.15, 0.2) is 5.65 Å². The molecule has 4 aromatic rings. The number of H-pyrrole nitrogens is 1. The first-order valence-corrected chi connectivity index (χ1v) is 10.3. The lowest BCUT2D eigenvalue weighted by Crippen LogP contribution is -2.38. The van der Waals surface area contributed by atoms with Crippen molar-refractivity contribution in [1.82, 2.24) is 29.7 Å². The van der Waals surface area contributed by atoms with Crippen LogP contribution in [0.4, 0.5) is 0 Å². The van der Waals surface area contributed by atoms with Gasteiger partial charge in [-0.25, -0.2) is 9.50 Å². The molecule has 6 rings (SSSR count). The Hall–Kier alpha value is -2.51. The highest BCUT2D eigenvalue weighted by molar-refractivity contribution is 7.13. The van der Waals surface area contributed by atoms with Gasteiger partial charge in [0.2, 0.25) is 0 Å². The third-order valence-electron chi connectivity index (χ3n) is 6.01. The summed E-state index contributed by atoms with van der Waals surface area (Å²) < 4.78 is 2.07. The van der Waals surface area contributed by atoms with Crippen molar-refractivity contribution in [3.63, 3.8) is 0 Å². The van der Waals surface area contributed by atoms with Gasteiger partial charge >= 0.3 is 0 Å². The Labute approximate surface area is 160 Å². The number of thiophene rings is 1. The summed E-state index contributed by atoms with van der Waals surface area (Å²) in [5.41, 5.74) is 7.13. The van der Waals surface area contributed by atoms with Gasteiger partial charge in [0.25, 0.3) is 0 Å². The molecule has 2 unspecified atom stereocenters. The minimum atomic E-state index is 0.422. The van der Waals surface area contributed by atoms with E-state index in [1.165, 1.54) is 34.5 Å². The zero-order valence-corrected chi connectivity index (χ0v) is 15.9. The Kier molecular flexibility index (Phi) is 3.30. The Morgan fingerprint density at radius 3 is 3.15 bits per heavy atom. The Balaban J connectivity index is 1.38. The van der Waals surface area contributed by atoms with Gasteiger partial charge in [-0.05, 0) is 31.2 Å². The molecule has 0 amide bonds. The van der Waals surface area contributed by atoms with Crippen molar-refractivity contribution < 1.29 is 0 Å². The van der Waals surface area contributed by atoms with Gasteiger partial charge in [-0.1, -0.05) is 6.07 Å². The van der Waals surface area contributed by atoms with Crippen LogP contribution in [-0.4, -0.2) is 35.7 Å². The minimum absolute atomic E-state index is 0.422. The van der Waals surface area contributed by atoms with Crippen LogP contribution in [-0.2, 0) is 13.0 Å².